The van der Waals surface area contributed by atoms with Crippen molar-refractivity contribution in [3.8, 4) is 28.4 Å². The maximum absolute atomic E-state index is 12.4. The molecular weight excluding hydrogens is 420 g/mol. The average Bonchev–Trinajstić information content (AvgIpc) is 2.84. The van der Waals surface area contributed by atoms with Crippen LogP contribution in [0.4, 0.5) is 0 Å². The second kappa shape index (κ2) is 9.44. The first kappa shape index (κ1) is 21.9. The maximum atomic E-state index is 12.4. The van der Waals surface area contributed by atoms with Crippen molar-refractivity contribution in [3.63, 3.8) is 0 Å². The zero-order valence-electron chi connectivity index (χ0n) is 18.5. The lowest BCUT2D eigenvalue weighted by Crippen LogP contribution is -2.06. The molecule has 0 N–H and O–H groups in total. The highest BCUT2D eigenvalue weighted by molar-refractivity contribution is 5.96. The molecule has 0 saturated heterocycles. The predicted octanol–water partition coefficient (Wildman–Crippen LogP) is 5.40. The van der Waals surface area contributed by atoms with E-state index >= 15 is 0 Å². The molecule has 4 aromatic rings. The smallest absolute Gasteiger partial charge is 0.336 e. The normalized spacial score (nSPS) is 11.0. The van der Waals surface area contributed by atoms with Crippen molar-refractivity contribution in [2.45, 2.75) is 6.92 Å². The number of fused-ring (bicyclic) bond motifs is 1. The summed E-state index contributed by atoms with van der Waals surface area (Å²) in [4.78, 5) is 24.7. The summed E-state index contributed by atoms with van der Waals surface area (Å²) in [5.41, 5.74) is 2.89. The first-order valence-electron chi connectivity index (χ1n) is 10.2. The molecule has 3 aromatic carbocycles. The van der Waals surface area contributed by atoms with Crippen LogP contribution < -0.4 is 19.8 Å². The summed E-state index contributed by atoms with van der Waals surface area (Å²) in [6.45, 7) is 1.75. The van der Waals surface area contributed by atoms with Crippen molar-refractivity contribution in [1.82, 2.24) is 0 Å². The third-order valence-electron chi connectivity index (χ3n) is 5.23. The molecule has 6 heteroatoms. The van der Waals surface area contributed by atoms with Gasteiger partial charge in [0, 0.05) is 23.1 Å². The largest absolute Gasteiger partial charge is 0.493 e. The summed E-state index contributed by atoms with van der Waals surface area (Å²) >= 11 is 0. The van der Waals surface area contributed by atoms with Gasteiger partial charge in [-0.15, -0.1) is 0 Å². The molecule has 0 spiro atoms. The Labute approximate surface area is 190 Å². The Balaban J connectivity index is 1.62. The third kappa shape index (κ3) is 4.65. The Hall–Kier alpha value is -4.32. The molecule has 1 heterocycles. The molecule has 33 heavy (non-hydrogen) atoms. The minimum Gasteiger partial charge on any atom is -0.493 e. The molecule has 0 fully saturated rings. The standard InChI is InChI=1S/C27H22O6/c1-17-22(32-25(28)14-10-18-9-12-23(30-2)24(15-18)31-3)13-11-20-21(16-26(29)33-27(17)20)19-7-5-4-6-8-19/h4-16H,1-3H3. The molecule has 0 aliphatic carbocycles. The van der Waals surface area contributed by atoms with Crippen LogP contribution in [0.3, 0.4) is 0 Å². The van der Waals surface area contributed by atoms with Crippen LogP contribution in [0.15, 0.2) is 82.0 Å². The van der Waals surface area contributed by atoms with Gasteiger partial charge in [-0.1, -0.05) is 36.4 Å². The van der Waals surface area contributed by atoms with E-state index in [1.54, 1.807) is 57.6 Å². The molecule has 0 aliphatic heterocycles. The highest BCUT2D eigenvalue weighted by Gasteiger charge is 2.14. The van der Waals surface area contributed by atoms with Gasteiger partial charge in [0.2, 0.25) is 0 Å². The van der Waals surface area contributed by atoms with E-state index in [-0.39, 0.29) is 0 Å². The van der Waals surface area contributed by atoms with E-state index in [9.17, 15) is 9.59 Å². The van der Waals surface area contributed by atoms with E-state index in [0.29, 0.717) is 28.4 Å². The lowest BCUT2D eigenvalue weighted by atomic mass is 10.0. The molecule has 1 aromatic heterocycles. The number of hydrogen-bond donors (Lipinski definition) is 0. The van der Waals surface area contributed by atoms with Gasteiger partial charge in [-0.05, 0) is 54.0 Å². The molecule has 166 valence electrons. The number of carbonyl (C=O) groups is 1. The van der Waals surface area contributed by atoms with Crippen LogP contribution in [-0.2, 0) is 4.79 Å². The number of hydrogen-bond acceptors (Lipinski definition) is 6. The topological polar surface area (TPSA) is 75.0 Å². The lowest BCUT2D eigenvalue weighted by Gasteiger charge is -2.11. The lowest BCUT2D eigenvalue weighted by molar-refractivity contribution is -0.128. The van der Waals surface area contributed by atoms with Gasteiger partial charge < -0.3 is 18.6 Å². The van der Waals surface area contributed by atoms with E-state index < -0.39 is 11.6 Å². The quantitative estimate of drug-likeness (QED) is 0.172. The highest BCUT2D eigenvalue weighted by Crippen LogP contribution is 2.33. The van der Waals surface area contributed by atoms with E-state index in [0.717, 1.165) is 22.1 Å². The van der Waals surface area contributed by atoms with Crippen LogP contribution in [0.1, 0.15) is 11.1 Å². The maximum Gasteiger partial charge on any atom is 0.336 e. The number of benzene rings is 3. The first-order chi connectivity index (χ1) is 16.0. The Kier molecular flexibility index (Phi) is 6.26. The molecule has 4 rings (SSSR count). The number of esters is 1. The van der Waals surface area contributed by atoms with Crippen molar-refractivity contribution >= 4 is 23.0 Å². The second-order valence-corrected chi connectivity index (χ2v) is 7.28. The summed E-state index contributed by atoms with van der Waals surface area (Å²) in [5, 5.41) is 0.763. The summed E-state index contributed by atoms with van der Waals surface area (Å²) < 4.78 is 21.5. The molecule has 0 unspecified atom stereocenters. The van der Waals surface area contributed by atoms with Gasteiger partial charge in [-0.3, -0.25) is 0 Å². The Morgan fingerprint density at radius 3 is 2.33 bits per heavy atom. The van der Waals surface area contributed by atoms with Crippen LogP contribution in [-0.4, -0.2) is 20.2 Å². The van der Waals surface area contributed by atoms with Crippen molar-refractivity contribution in [2.24, 2.45) is 0 Å². The first-order valence-corrected chi connectivity index (χ1v) is 10.2. The van der Waals surface area contributed by atoms with Gasteiger partial charge in [0.1, 0.15) is 11.3 Å². The monoisotopic (exact) mass is 442 g/mol. The van der Waals surface area contributed by atoms with E-state index in [4.69, 9.17) is 18.6 Å². The van der Waals surface area contributed by atoms with Crippen molar-refractivity contribution in [3.05, 3.63) is 94.4 Å². The van der Waals surface area contributed by atoms with Crippen molar-refractivity contribution in [1.29, 1.82) is 0 Å². The van der Waals surface area contributed by atoms with Gasteiger partial charge >= 0.3 is 11.6 Å². The van der Waals surface area contributed by atoms with Crippen LogP contribution in [0, 0.1) is 6.92 Å². The summed E-state index contributed by atoms with van der Waals surface area (Å²) in [5.74, 6) is 0.912. The van der Waals surface area contributed by atoms with Gasteiger partial charge in [0.25, 0.3) is 0 Å². The highest BCUT2D eigenvalue weighted by atomic mass is 16.5. The van der Waals surface area contributed by atoms with Gasteiger partial charge in [-0.2, -0.15) is 0 Å². The number of aryl methyl sites for hydroxylation is 1. The minimum absolute atomic E-state index is 0.317. The summed E-state index contributed by atoms with van der Waals surface area (Å²) in [7, 11) is 3.10. The van der Waals surface area contributed by atoms with Crippen LogP contribution in [0.5, 0.6) is 17.2 Å². The van der Waals surface area contributed by atoms with Gasteiger partial charge in [0.05, 0.1) is 14.2 Å². The Morgan fingerprint density at radius 1 is 0.879 bits per heavy atom. The molecule has 0 aliphatic rings. The van der Waals surface area contributed by atoms with Crippen molar-refractivity contribution < 1.29 is 23.4 Å². The fourth-order valence-electron chi connectivity index (χ4n) is 3.57. The van der Waals surface area contributed by atoms with E-state index in [1.165, 1.54) is 12.1 Å². The zero-order valence-corrected chi connectivity index (χ0v) is 18.5. The zero-order chi connectivity index (χ0) is 23.4. The van der Waals surface area contributed by atoms with Crippen LogP contribution in [0.25, 0.3) is 28.2 Å². The van der Waals surface area contributed by atoms with E-state index in [2.05, 4.69) is 0 Å². The SMILES string of the molecule is COc1ccc(C=CC(=O)Oc2ccc3c(-c4ccccc4)cc(=O)oc3c2C)cc1OC. The molecule has 0 amide bonds. The molecule has 0 saturated carbocycles. The van der Waals surface area contributed by atoms with Crippen molar-refractivity contribution in [2.75, 3.05) is 14.2 Å². The Bertz CT molecular complexity index is 1400. The number of methoxy groups -OCH3 is 2. The van der Waals surface area contributed by atoms with Crippen LogP contribution in [0.2, 0.25) is 0 Å². The Morgan fingerprint density at radius 2 is 1.61 bits per heavy atom. The van der Waals surface area contributed by atoms with E-state index in [1.807, 2.05) is 30.3 Å². The second-order valence-electron chi connectivity index (χ2n) is 7.28. The summed E-state index contributed by atoms with van der Waals surface area (Å²) in [6, 6.07) is 19.8. The van der Waals surface area contributed by atoms with Crippen LogP contribution >= 0.6 is 0 Å². The minimum atomic E-state index is -0.561. The average molecular weight is 442 g/mol. The molecule has 0 bridgehead atoms. The molecule has 6 nitrogen and oxygen atoms in total. The molecule has 0 atom stereocenters. The van der Waals surface area contributed by atoms with Gasteiger partial charge in [-0.25, -0.2) is 9.59 Å². The predicted molar refractivity (Wildman–Crippen MR) is 127 cm³/mol. The summed E-state index contributed by atoms with van der Waals surface area (Å²) in [6.07, 6.45) is 2.94. The van der Waals surface area contributed by atoms with Gasteiger partial charge in [0.15, 0.2) is 11.5 Å². The number of ether oxygens (including phenoxy) is 3. The molecular formula is C27H22O6. The molecule has 0 radical (unpaired) electrons. The third-order valence-corrected chi connectivity index (χ3v) is 5.23. The fraction of sp³-hybridized carbons (Fsp3) is 0.111. The number of rotatable bonds is 6. The fourth-order valence-corrected chi connectivity index (χ4v) is 3.57. The number of carbonyl (C=O) groups excluding carboxylic acids is 1.